The fourth-order valence-corrected chi connectivity index (χ4v) is 2.50. The fraction of sp³-hybridized carbons (Fsp3) is 0.667. The van der Waals surface area contributed by atoms with E-state index in [-0.39, 0.29) is 18.4 Å². The van der Waals surface area contributed by atoms with Gasteiger partial charge in [-0.25, -0.2) is 0 Å². The number of aliphatic carboxylic acids is 1. The molecule has 1 aromatic rings. The molecule has 0 aromatic carbocycles. The lowest BCUT2D eigenvalue weighted by molar-refractivity contribution is -0.137. The Morgan fingerprint density at radius 2 is 2.05 bits per heavy atom. The second-order valence-corrected chi connectivity index (χ2v) is 5.42. The summed E-state index contributed by atoms with van der Waals surface area (Å²) in [5, 5.41) is 16.0. The van der Waals surface area contributed by atoms with Gasteiger partial charge in [-0.2, -0.15) is 5.10 Å². The first-order chi connectivity index (χ1) is 9.85. The Labute approximate surface area is 125 Å². The summed E-state index contributed by atoms with van der Waals surface area (Å²) in [5.74, 6) is -0.981. The van der Waals surface area contributed by atoms with E-state index in [0.717, 1.165) is 23.4 Å². The predicted octanol–water partition coefficient (Wildman–Crippen LogP) is 1.73. The first kappa shape index (κ1) is 17.2. The maximum absolute atomic E-state index is 12.0. The molecule has 0 aliphatic heterocycles. The molecule has 6 nitrogen and oxygen atoms in total. The standard InChI is InChI=1S/C15H25N3O3/c1-5-6-12(9-15(20)21)16-14(19)8-7-13-10(2)17-18(4)11(13)3/h12H,5-9H2,1-4H3,(H,16,19)(H,20,21). The van der Waals surface area contributed by atoms with Crippen molar-refractivity contribution in [3.05, 3.63) is 17.0 Å². The van der Waals surface area contributed by atoms with E-state index < -0.39 is 5.97 Å². The summed E-state index contributed by atoms with van der Waals surface area (Å²) in [5.41, 5.74) is 3.10. The third kappa shape index (κ3) is 5.21. The Morgan fingerprint density at radius 1 is 1.38 bits per heavy atom. The summed E-state index contributed by atoms with van der Waals surface area (Å²) >= 11 is 0. The molecular weight excluding hydrogens is 270 g/mol. The van der Waals surface area contributed by atoms with Gasteiger partial charge in [0.15, 0.2) is 0 Å². The molecule has 1 rings (SSSR count). The van der Waals surface area contributed by atoms with Gasteiger partial charge in [0.05, 0.1) is 12.1 Å². The van der Waals surface area contributed by atoms with Gasteiger partial charge in [0.2, 0.25) is 5.91 Å². The molecule has 0 saturated carbocycles. The number of carbonyl (C=O) groups excluding carboxylic acids is 1. The van der Waals surface area contributed by atoms with Crippen molar-refractivity contribution in [3.63, 3.8) is 0 Å². The van der Waals surface area contributed by atoms with Gasteiger partial charge in [0, 0.05) is 25.2 Å². The lowest BCUT2D eigenvalue weighted by atomic mass is 10.1. The summed E-state index contributed by atoms with van der Waals surface area (Å²) in [6.45, 7) is 5.89. The number of carbonyl (C=O) groups is 2. The van der Waals surface area contributed by atoms with E-state index in [1.54, 1.807) is 0 Å². The van der Waals surface area contributed by atoms with Crippen molar-refractivity contribution in [3.8, 4) is 0 Å². The highest BCUT2D eigenvalue weighted by Crippen LogP contribution is 2.14. The zero-order valence-corrected chi connectivity index (χ0v) is 13.3. The quantitative estimate of drug-likeness (QED) is 0.765. The first-order valence-corrected chi connectivity index (χ1v) is 7.35. The smallest absolute Gasteiger partial charge is 0.305 e. The van der Waals surface area contributed by atoms with Crippen molar-refractivity contribution in [2.75, 3.05) is 0 Å². The topological polar surface area (TPSA) is 84.2 Å². The summed E-state index contributed by atoms with van der Waals surface area (Å²) in [4.78, 5) is 22.8. The molecule has 0 radical (unpaired) electrons. The van der Waals surface area contributed by atoms with Crippen LogP contribution in [0, 0.1) is 13.8 Å². The Morgan fingerprint density at radius 3 is 2.52 bits per heavy atom. The van der Waals surface area contributed by atoms with E-state index in [4.69, 9.17) is 5.11 Å². The molecule has 21 heavy (non-hydrogen) atoms. The Hall–Kier alpha value is -1.85. The zero-order valence-electron chi connectivity index (χ0n) is 13.3. The molecule has 0 aliphatic rings. The summed E-state index contributed by atoms with van der Waals surface area (Å²) in [6.07, 6.45) is 2.49. The normalized spacial score (nSPS) is 12.2. The molecule has 1 aromatic heterocycles. The average molecular weight is 295 g/mol. The lowest BCUT2D eigenvalue weighted by Gasteiger charge is -2.16. The SMILES string of the molecule is CCCC(CC(=O)O)NC(=O)CCc1c(C)nn(C)c1C. The summed E-state index contributed by atoms with van der Waals surface area (Å²) < 4.78 is 1.81. The number of nitrogens with zero attached hydrogens (tertiary/aromatic N) is 2. The molecule has 2 N–H and O–H groups in total. The highest BCUT2D eigenvalue weighted by molar-refractivity contribution is 5.77. The number of rotatable bonds is 8. The Balaban J connectivity index is 2.54. The number of amides is 1. The minimum Gasteiger partial charge on any atom is -0.481 e. The predicted molar refractivity (Wildman–Crippen MR) is 80.1 cm³/mol. The first-order valence-electron chi connectivity index (χ1n) is 7.35. The molecule has 6 heteroatoms. The van der Waals surface area contributed by atoms with Gasteiger partial charge in [0.25, 0.3) is 0 Å². The molecule has 0 spiro atoms. The molecule has 1 heterocycles. The molecule has 118 valence electrons. The van der Waals surface area contributed by atoms with Crippen LogP contribution in [0.3, 0.4) is 0 Å². The van der Waals surface area contributed by atoms with Gasteiger partial charge in [-0.1, -0.05) is 13.3 Å². The van der Waals surface area contributed by atoms with Crippen molar-refractivity contribution >= 4 is 11.9 Å². The van der Waals surface area contributed by atoms with E-state index in [9.17, 15) is 9.59 Å². The van der Waals surface area contributed by atoms with Gasteiger partial charge in [0.1, 0.15) is 0 Å². The maximum atomic E-state index is 12.0. The zero-order chi connectivity index (χ0) is 16.0. The monoisotopic (exact) mass is 295 g/mol. The van der Waals surface area contributed by atoms with Crippen molar-refractivity contribution < 1.29 is 14.7 Å². The van der Waals surface area contributed by atoms with Gasteiger partial charge in [-0.05, 0) is 32.3 Å². The van der Waals surface area contributed by atoms with Crippen molar-refractivity contribution in [1.82, 2.24) is 15.1 Å². The minimum atomic E-state index is -0.882. The van der Waals surface area contributed by atoms with Crippen LogP contribution in [0.4, 0.5) is 0 Å². The molecule has 0 fully saturated rings. The number of hydrogen-bond acceptors (Lipinski definition) is 3. The van der Waals surface area contributed by atoms with Gasteiger partial charge in [-0.15, -0.1) is 0 Å². The molecule has 0 aliphatic carbocycles. The number of carboxylic acid groups (broad SMARTS) is 1. The third-order valence-corrected chi connectivity index (χ3v) is 3.68. The van der Waals surface area contributed by atoms with Crippen molar-refractivity contribution in [2.24, 2.45) is 7.05 Å². The van der Waals surface area contributed by atoms with Crippen molar-refractivity contribution in [2.45, 2.75) is 58.9 Å². The molecule has 0 bridgehead atoms. The number of aromatic nitrogens is 2. The van der Waals surface area contributed by atoms with Crippen LogP contribution in [-0.2, 0) is 23.1 Å². The van der Waals surface area contributed by atoms with Crippen LogP contribution in [0.2, 0.25) is 0 Å². The van der Waals surface area contributed by atoms with Crippen LogP contribution in [0.15, 0.2) is 0 Å². The van der Waals surface area contributed by atoms with Gasteiger partial charge >= 0.3 is 5.97 Å². The van der Waals surface area contributed by atoms with Gasteiger partial charge in [-0.3, -0.25) is 14.3 Å². The molecule has 1 atom stereocenters. The number of carboxylic acids is 1. The average Bonchev–Trinajstić information content (AvgIpc) is 2.60. The third-order valence-electron chi connectivity index (χ3n) is 3.68. The van der Waals surface area contributed by atoms with Crippen LogP contribution >= 0.6 is 0 Å². The summed E-state index contributed by atoms with van der Waals surface area (Å²) in [6, 6.07) is -0.281. The molecule has 1 amide bonds. The Bertz CT molecular complexity index is 509. The van der Waals surface area contributed by atoms with Crippen LogP contribution in [0.1, 0.15) is 49.6 Å². The second kappa shape index (κ2) is 7.81. The molecule has 0 saturated heterocycles. The van der Waals surface area contributed by atoms with Gasteiger partial charge < -0.3 is 10.4 Å². The van der Waals surface area contributed by atoms with E-state index >= 15 is 0 Å². The molecular formula is C15H25N3O3. The Kier molecular flexibility index (Phi) is 6.39. The van der Waals surface area contributed by atoms with Crippen LogP contribution in [-0.4, -0.2) is 32.8 Å². The van der Waals surface area contributed by atoms with Crippen molar-refractivity contribution in [1.29, 1.82) is 0 Å². The highest BCUT2D eigenvalue weighted by Gasteiger charge is 2.16. The largest absolute Gasteiger partial charge is 0.481 e. The van der Waals surface area contributed by atoms with E-state index in [1.807, 2.05) is 32.5 Å². The van der Waals surface area contributed by atoms with E-state index in [2.05, 4.69) is 10.4 Å². The maximum Gasteiger partial charge on any atom is 0.305 e. The van der Waals surface area contributed by atoms with Crippen LogP contribution < -0.4 is 5.32 Å². The fourth-order valence-electron chi connectivity index (χ4n) is 2.50. The van der Waals surface area contributed by atoms with E-state index in [0.29, 0.717) is 19.3 Å². The number of hydrogen-bond donors (Lipinski definition) is 2. The summed E-state index contributed by atoms with van der Waals surface area (Å²) in [7, 11) is 1.88. The van der Waals surface area contributed by atoms with Crippen LogP contribution in [0.5, 0.6) is 0 Å². The number of nitrogens with one attached hydrogen (secondary N) is 1. The minimum absolute atomic E-state index is 0.0233. The van der Waals surface area contributed by atoms with E-state index in [1.165, 1.54) is 0 Å². The number of aryl methyl sites for hydroxylation is 2. The lowest BCUT2D eigenvalue weighted by Crippen LogP contribution is -2.36. The second-order valence-electron chi connectivity index (χ2n) is 5.42. The highest BCUT2D eigenvalue weighted by atomic mass is 16.4. The van der Waals surface area contributed by atoms with Crippen LogP contribution in [0.25, 0.3) is 0 Å². The molecule has 1 unspecified atom stereocenters.